The molecule has 1 N–H and O–H groups in total. The summed E-state index contributed by atoms with van der Waals surface area (Å²) >= 11 is 2.97. The molecule has 5 nitrogen and oxygen atoms in total. The molecule has 0 aromatic heterocycles. The lowest BCUT2D eigenvalue weighted by molar-refractivity contribution is -0.386. The van der Waals surface area contributed by atoms with Crippen molar-refractivity contribution in [1.29, 1.82) is 0 Å². The van der Waals surface area contributed by atoms with E-state index in [-0.39, 0.29) is 22.0 Å². The number of nitrogens with one attached hydrogen (secondary N) is 1. The van der Waals surface area contributed by atoms with Crippen molar-refractivity contribution in [3.8, 4) is 5.75 Å². The number of hydrogen-bond donors (Lipinski definition) is 1. The Labute approximate surface area is 106 Å². The minimum absolute atomic E-state index is 0.0472. The van der Waals surface area contributed by atoms with Crippen molar-refractivity contribution in [2.75, 3.05) is 13.6 Å². The number of rotatable bonds is 5. The lowest BCUT2D eigenvalue weighted by Gasteiger charge is -2.14. The van der Waals surface area contributed by atoms with Gasteiger partial charge in [0, 0.05) is 12.6 Å². The van der Waals surface area contributed by atoms with E-state index in [1.165, 1.54) is 6.07 Å². The molecule has 0 fully saturated rings. The van der Waals surface area contributed by atoms with E-state index in [9.17, 15) is 14.5 Å². The monoisotopic (exact) mass is 306 g/mol. The van der Waals surface area contributed by atoms with Gasteiger partial charge >= 0.3 is 5.69 Å². The molecule has 0 heterocycles. The molecule has 7 heteroatoms. The van der Waals surface area contributed by atoms with Gasteiger partial charge in [0.2, 0.25) is 0 Å². The van der Waals surface area contributed by atoms with Crippen LogP contribution < -0.4 is 10.1 Å². The molecule has 0 spiro atoms. The molecule has 0 saturated carbocycles. The molecular formula is C10H12BrFN2O3. The van der Waals surface area contributed by atoms with E-state index in [0.29, 0.717) is 6.54 Å². The summed E-state index contributed by atoms with van der Waals surface area (Å²) in [6.45, 7) is 2.30. The molecule has 1 aromatic rings. The first-order valence-electron chi connectivity index (χ1n) is 4.90. The van der Waals surface area contributed by atoms with Gasteiger partial charge in [-0.25, -0.2) is 4.39 Å². The molecule has 94 valence electrons. The van der Waals surface area contributed by atoms with Crippen LogP contribution in [0.2, 0.25) is 0 Å². The number of nitro groups is 1. The van der Waals surface area contributed by atoms with Crippen LogP contribution in [0.15, 0.2) is 16.6 Å². The minimum Gasteiger partial charge on any atom is -0.482 e. The van der Waals surface area contributed by atoms with Gasteiger partial charge in [0.1, 0.15) is 11.9 Å². The summed E-state index contributed by atoms with van der Waals surface area (Å²) in [6.07, 6.45) is -0.254. The normalized spacial score (nSPS) is 12.2. The molecule has 0 amide bonds. The van der Waals surface area contributed by atoms with Crippen molar-refractivity contribution in [3.05, 3.63) is 32.5 Å². The van der Waals surface area contributed by atoms with Crippen LogP contribution in [-0.2, 0) is 0 Å². The van der Waals surface area contributed by atoms with Crippen molar-refractivity contribution in [2.24, 2.45) is 0 Å². The molecule has 0 aliphatic carbocycles. The Bertz CT molecular complexity index is 428. The third-order valence-electron chi connectivity index (χ3n) is 2.02. The third kappa shape index (κ3) is 3.64. The molecule has 0 saturated heterocycles. The first-order chi connectivity index (χ1) is 7.95. The Kier molecular flexibility index (Phi) is 4.83. The third-order valence-corrected chi connectivity index (χ3v) is 2.63. The number of nitrogens with zero attached hydrogens (tertiary/aromatic N) is 1. The van der Waals surface area contributed by atoms with Crippen LogP contribution in [0.5, 0.6) is 5.75 Å². The van der Waals surface area contributed by atoms with Crippen LogP contribution in [0.1, 0.15) is 6.92 Å². The molecule has 0 aliphatic rings. The predicted octanol–water partition coefficient (Wildman–Crippen LogP) is 2.48. The first kappa shape index (κ1) is 13.9. The van der Waals surface area contributed by atoms with E-state index in [1.807, 2.05) is 0 Å². The Morgan fingerprint density at radius 2 is 2.29 bits per heavy atom. The molecule has 0 aliphatic heterocycles. The van der Waals surface area contributed by atoms with Crippen LogP contribution in [0, 0.1) is 15.9 Å². The van der Waals surface area contributed by atoms with Crippen LogP contribution in [0.3, 0.4) is 0 Å². The maximum absolute atomic E-state index is 13.2. The van der Waals surface area contributed by atoms with Crippen molar-refractivity contribution in [1.82, 2.24) is 5.32 Å². The molecular weight excluding hydrogens is 295 g/mol. The highest BCUT2D eigenvalue weighted by Crippen LogP contribution is 2.33. The van der Waals surface area contributed by atoms with Crippen molar-refractivity contribution in [3.63, 3.8) is 0 Å². The van der Waals surface area contributed by atoms with E-state index < -0.39 is 10.7 Å². The number of ether oxygens (including phenoxy) is 1. The summed E-state index contributed by atoms with van der Waals surface area (Å²) in [5.74, 6) is -0.642. The number of likely N-dealkylation sites (N-methyl/N-ethyl adjacent to an activating group) is 1. The number of hydrogen-bond acceptors (Lipinski definition) is 4. The van der Waals surface area contributed by atoms with E-state index >= 15 is 0 Å². The highest BCUT2D eigenvalue weighted by molar-refractivity contribution is 9.10. The maximum atomic E-state index is 13.2. The second-order valence-electron chi connectivity index (χ2n) is 3.48. The van der Waals surface area contributed by atoms with E-state index in [4.69, 9.17) is 4.74 Å². The maximum Gasteiger partial charge on any atom is 0.313 e. The molecule has 1 atom stereocenters. The van der Waals surface area contributed by atoms with Gasteiger partial charge in [-0.3, -0.25) is 10.1 Å². The summed E-state index contributed by atoms with van der Waals surface area (Å²) in [5, 5.41) is 13.6. The van der Waals surface area contributed by atoms with Crippen LogP contribution in [-0.4, -0.2) is 24.6 Å². The lowest BCUT2D eigenvalue weighted by Crippen LogP contribution is -2.26. The topological polar surface area (TPSA) is 64.4 Å². The summed E-state index contributed by atoms with van der Waals surface area (Å²) in [7, 11) is 1.74. The zero-order valence-corrected chi connectivity index (χ0v) is 11.0. The van der Waals surface area contributed by atoms with Crippen molar-refractivity contribution >= 4 is 21.6 Å². The SMILES string of the molecule is CNCC(C)Oc1cc(Br)c(F)cc1[N+](=O)[O-]. The summed E-state index contributed by atoms with van der Waals surface area (Å²) in [5.41, 5.74) is -0.381. The Morgan fingerprint density at radius 3 is 2.82 bits per heavy atom. The summed E-state index contributed by atoms with van der Waals surface area (Å²) in [6, 6.07) is 2.10. The predicted molar refractivity (Wildman–Crippen MR) is 64.8 cm³/mol. The van der Waals surface area contributed by atoms with Crippen molar-refractivity contribution < 1.29 is 14.1 Å². The van der Waals surface area contributed by atoms with E-state index in [2.05, 4.69) is 21.2 Å². The van der Waals surface area contributed by atoms with Crippen molar-refractivity contribution in [2.45, 2.75) is 13.0 Å². The van der Waals surface area contributed by atoms with Gasteiger partial charge < -0.3 is 10.1 Å². The molecule has 1 rings (SSSR count). The van der Waals surface area contributed by atoms with Gasteiger partial charge in [-0.1, -0.05) is 0 Å². The van der Waals surface area contributed by atoms with Crippen LogP contribution >= 0.6 is 15.9 Å². The molecule has 0 radical (unpaired) electrons. The molecule has 1 aromatic carbocycles. The molecule has 0 bridgehead atoms. The Balaban J connectivity index is 3.04. The smallest absolute Gasteiger partial charge is 0.313 e. The zero-order valence-electron chi connectivity index (χ0n) is 9.37. The van der Waals surface area contributed by atoms with E-state index in [1.54, 1.807) is 14.0 Å². The number of halogens is 2. The largest absolute Gasteiger partial charge is 0.482 e. The highest BCUT2D eigenvalue weighted by atomic mass is 79.9. The lowest BCUT2D eigenvalue weighted by atomic mass is 10.3. The fourth-order valence-electron chi connectivity index (χ4n) is 1.30. The standard InChI is InChI=1S/C10H12BrFN2O3/c1-6(5-13-2)17-10-3-7(11)8(12)4-9(10)14(15)16/h3-4,6,13H,5H2,1-2H3. The highest BCUT2D eigenvalue weighted by Gasteiger charge is 2.20. The first-order valence-corrected chi connectivity index (χ1v) is 5.69. The van der Waals surface area contributed by atoms with Gasteiger partial charge in [0.25, 0.3) is 0 Å². The second kappa shape index (κ2) is 5.92. The van der Waals surface area contributed by atoms with Gasteiger partial charge in [-0.05, 0) is 29.9 Å². The van der Waals surface area contributed by atoms with Gasteiger partial charge in [-0.15, -0.1) is 0 Å². The summed E-state index contributed by atoms with van der Waals surface area (Å²) in [4.78, 5) is 10.1. The molecule has 1 unspecified atom stereocenters. The Hall–Kier alpha value is -1.21. The van der Waals surface area contributed by atoms with E-state index in [0.717, 1.165) is 6.07 Å². The minimum atomic E-state index is -0.690. The van der Waals surface area contributed by atoms with Crippen LogP contribution in [0.25, 0.3) is 0 Å². The van der Waals surface area contributed by atoms with Gasteiger partial charge in [0.05, 0.1) is 15.5 Å². The fraction of sp³-hybridized carbons (Fsp3) is 0.400. The average Bonchev–Trinajstić information content (AvgIpc) is 2.23. The summed E-state index contributed by atoms with van der Waals surface area (Å²) < 4.78 is 18.7. The average molecular weight is 307 g/mol. The zero-order chi connectivity index (χ0) is 13.0. The van der Waals surface area contributed by atoms with Gasteiger partial charge in [-0.2, -0.15) is 0 Å². The second-order valence-corrected chi connectivity index (χ2v) is 4.33. The van der Waals surface area contributed by atoms with Gasteiger partial charge in [0.15, 0.2) is 5.75 Å². The molecule has 17 heavy (non-hydrogen) atoms. The van der Waals surface area contributed by atoms with Crippen LogP contribution in [0.4, 0.5) is 10.1 Å². The Morgan fingerprint density at radius 1 is 1.65 bits per heavy atom. The number of benzene rings is 1. The number of nitro benzene ring substituents is 1. The quantitative estimate of drug-likeness (QED) is 0.670. The fourth-order valence-corrected chi connectivity index (χ4v) is 1.62.